The molecular formula is C17H24N2. The van der Waals surface area contributed by atoms with Crippen molar-refractivity contribution in [1.29, 1.82) is 0 Å². The molecule has 1 atom stereocenters. The molecule has 1 aromatic carbocycles. The summed E-state index contributed by atoms with van der Waals surface area (Å²) in [5, 5.41) is 0. The van der Waals surface area contributed by atoms with Crippen molar-refractivity contribution in [3.63, 3.8) is 0 Å². The fourth-order valence-electron chi connectivity index (χ4n) is 2.40. The van der Waals surface area contributed by atoms with Gasteiger partial charge in [-0.2, -0.15) is 0 Å². The first kappa shape index (κ1) is 13.7. The first-order valence-corrected chi connectivity index (χ1v) is 7.12. The van der Waals surface area contributed by atoms with Crippen LogP contribution < -0.4 is 5.43 Å². The third-order valence-corrected chi connectivity index (χ3v) is 3.61. The van der Waals surface area contributed by atoms with E-state index in [0.717, 1.165) is 6.42 Å². The van der Waals surface area contributed by atoms with E-state index in [-0.39, 0.29) is 0 Å². The van der Waals surface area contributed by atoms with E-state index in [1.54, 1.807) is 0 Å². The van der Waals surface area contributed by atoms with Gasteiger partial charge in [-0.3, -0.25) is 4.68 Å². The second kappa shape index (κ2) is 5.96. The topological polar surface area (TPSA) is 17.0 Å². The zero-order valence-electron chi connectivity index (χ0n) is 12.4. The summed E-state index contributed by atoms with van der Waals surface area (Å²) in [4.78, 5) is 0. The van der Waals surface area contributed by atoms with E-state index in [9.17, 15) is 0 Å². The average molecular weight is 256 g/mol. The van der Waals surface area contributed by atoms with Gasteiger partial charge in [0.05, 0.1) is 6.04 Å². The smallest absolute Gasteiger partial charge is 0.0645 e. The van der Waals surface area contributed by atoms with Gasteiger partial charge in [-0.05, 0) is 50.5 Å². The number of nitrogens with one attached hydrogen (secondary N) is 1. The van der Waals surface area contributed by atoms with Crippen LogP contribution in [0.4, 0.5) is 0 Å². The molecule has 0 saturated heterocycles. The van der Waals surface area contributed by atoms with E-state index in [4.69, 9.17) is 0 Å². The van der Waals surface area contributed by atoms with Crippen molar-refractivity contribution in [3.8, 4) is 0 Å². The lowest BCUT2D eigenvalue weighted by Gasteiger charge is -2.20. The number of nitrogens with zero attached hydrogens (tertiary/aromatic N) is 1. The van der Waals surface area contributed by atoms with E-state index in [2.05, 4.69) is 74.2 Å². The SMILES string of the molecule is CCCc1ccc(C(C)Nn2c(C)ccc2C)cc1. The van der Waals surface area contributed by atoms with Crippen molar-refractivity contribution in [2.45, 2.75) is 46.6 Å². The minimum Gasteiger partial charge on any atom is -0.319 e. The fraction of sp³-hybridized carbons (Fsp3) is 0.412. The predicted octanol–water partition coefficient (Wildman–Crippen LogP) is 4.36. The van der Waals surface area contributed by atoms with Crippen LogP contribution in [-0.4, -0.2) is 4.68 Å². The Morgan fingerprint density at radius 3 is 2.11 bits per heavy atom. The summed E-state index contributed by atoms with van der Waals surface area (Å²) >= 11 is 0. The molecule has 0 amide bonds. The number of aromatic nitrogens is 1. The fourth-order valence-corrected chi connectivity index (χ4v) is 2.40. The average Bonchev–Trinajstić information content (AvgIpc) is 2.72. The highest BCUT2D eigenvalue weighted by atomic mass is 15.4. The van der Waals surface area contributed by atoms with Crippen LogP contribution in [0.1, 0.15) is 48.8 Å². The molecule has 1 unspecified atom stereocenters. The monoisotopic (exact) mass is 256 g/mol. The van der Waals surface area contributed by atoms with Crippen molar-refractivity contribution in [3.05, 3.63) is 58.9 Å². The molecule has 0 aliphatic rings. The lowest BCUT2D eigenvalue weighted by Crippen LogP contribution is -2.20. The van der Waals surface area contributed by atoms with Gasteiger partial charge in [0.15, 0.2) is 0 Å². The van der Waals surface area contributed by atoms with E-state index in [1.807, 2.05) is 0 Å². The zero-order valence-corrected chi connectivity index (χ0v) is 12.4. The molecule has 0 spiro atoms. The Kier molecular flexibility index (Phi) is 4.31. The van der Waals surface area contributed by atoms with Gasteiger partial charge in [0.25, 0.3) is 0 Å². The van der Waals surface area contributed by atoms with Gasteiger partial charge in [0.2, 0.25) is 0 Å². The Bertz CT molecular complexity index is 503. The molecule has 2 heteroatoms. The van der Waals surface area contributed by atoms with Crippen molar-refractivity contribution < 1.29 is 0 Å². The molecule has 1 heterocycles. The van der Waals surface area contributed by atoms with Gasteiger partial charge in [0, 0.05) is 11.4 Å². The van der Waals surface area contributed by atoms with Crippen molar-refractivity contribution in [1.82, 2.24) is 4.68 Å². The van der Waals surface area contributed by atoms with E-state index >= 15 is 0 Å². The number of aryl methyl sites for hydroxylation is 3. The molecular weight excluding hydrogens is 232 g/mol. The first-order chi connectivity index (χ1) is 9.11. The largest absolute Gasteiger partial charge is 0.319 e. The summed E-state index contributed by atoms with van der Waals surface area (Å²) in [5.74, 6) is 0. The molecule has 0 fully saturated rings. The normalized spacial score (nSPS) is 12.4. The summed E-state index contributed by atoms with van der Waals surface area (Å²) in [6.45, 7) is 8.66. The molecule has 0 aliphatic heterocycles. The molecule has 0 bridgehead atoms. The van der Waals surface area contributed by atoms with E-state index < -0.39 is 0 Å². The minimum atomic E-state index is 0.306. The van der Waals surface area contributed by atoms with Crippen LogP contribution in [0.5, 0.6) is 0 Å². The summed E-state index contributed by atoms with van der Waals surface area (Å²) in [5.41, 5.74) is 8.78. The lowest BCUT2D eigenvalue weighted by molar-refractivity contribution is 0.699. The Labute approximate surface area is 116 Å². The maximum absolute atomic E-state index is 3.54. The number of benzene rings is 1. The molecule has 0 aliphatic carbocycles. The van der Waals surface area contributed by atoms with Gasteiger partial charge < -0.3 is 5.43 Å². The minimum absolute atomic E-state index is 0.306. The molecule has 0 radical (unpaired) electrons. The van der Waals surface area contributed by atoms with Crippen molar-refractivity contribution in [2.24, 2.45) is 0 Å². The Balaban J connectivity index is 2.09. The molecule has 19 heavy (non-hydrogen) atoms. The van der Waals surface area contributed by atoms with Gasteiger partial charge in [-0.15, -0.1) is 0 Å². The highest BCUT2D eigenvalue weighted by Crippen LogP contribution is 2.17. The molecule has 1 aromatic heterocycles. The van der Waals surface area contributed by atoms with Crippen LogP contribution in [0, 0.1) is 13.8 Å². The number of hydrogen-bond donors (Lipinski definition) is 1. The number of hydrogen-bond acceptors (Lipinski definition) is 1. The molecule has 1 N–H and O–H groups in total. The van der Waals surface area contributed by atoms with Crippen LogP contribution in [0.25, 0.3) is 0 Å². The second-order valence-electron chi connectivity index (χ2n) is 5.29. The lowest BCUT2D eigenvalue weighted by atomic mass is 10.0. The van der Waals surface area contributed by atoms with Gasteiger partial charge in [-0.25, -0.2) is 0 Å². The molecule has 2 aromatic rings. The van der Waals surface area contributed by atoms with E-state index in [0.29, 0.717) is 6.04 Å². The Morgan fingerprint density at radius 2 is 1.58 bits per heavy atom. The first-order valence-electron chi connectivity index (χ1n) is 7.12. The molecule has 2 nitrogen and oxygen atoms in total. The molecule has 102 valence electrons. The summed E-state index contributed by atoms with van der Waals surface area (Å²) in [7, 11) is 0. The predicted molar refractivity (Wildman–Crippen MR) is 82.1 cm³/mol. The molecule has 2 rings (SSSR count). The Morgan fingerprint density at radius 1 is 1.00 bits per heavy atom. The summed E-state index contributed by atoms with van der Waals surface area (Å²) < 4.78 is 2.16. The maximum atomic E-state index is 3.54. The second-order valence-corrected chi connectivity index (χ2v) is 5.29. The highest BCUT2D eigenvalue weighted by Gasteiger charge is 2.07. The highest BCUT2D eigenvalue weighted by molar-refractivity contribution is 5.27. The van der Waals surface area contributed by atoms with Crippen molar-refractivity contribution >= 4 is 0 Å². The molecule has 0 saturated carbocycles. The van der Waals surface area contributed by atoms with Crippen LogP contribution in [0.3, 0.4) is 0 Å². The van der Waals surface area contributed by atoms with Crippen LogP contribution in [0.15, 0.2) is 36.4 Å². The van der Waals surface area contributed by atoms with E-state index in [1.165, 1.54) is 28.9 Å². The van der Waals surface area contributed by atoms with Crippen LogP contribution in [-0.2, 0) is 6.42 Å². The number of rotatable bonds is 5. The third kappa shape index (κ3) is 3.19. The summed E-state index contributed by atoms with van der Waals surface area (Å²) in [6, 6.07) is 13.5. The van der Waals surface area contributed by atoms with Crippen LogP contribution in [0.2, 0.25) is 0 Å². The zero-order chi connectivity index (χ0) is 13.8. The summed E-state index contributed by atoms with van der Waals surface area (Å²) in [6.07, 6.45) is 2.37. The third-order valence-electron chi connectivity index (χ3n) is 3.61. The van der Waals surface area contributed by atoms with Gasteiger partial charge in [-0.1, -0.05) is 37.6 Å². The Hall–Kier alpha value is -1.70. The maximum Gasteiger partial charge on any atom is 0.0645 e. The van der Waals surface area contributed by atoms with Crippen molar-refractivity contribution in [2.75, 3.05) is 5.43 Å². The van der Waals surface area contributed by atoms with Crippen LogP contribution >= 0.6 is 0 Å². The standard InChI is InChI=1S/C17H24N2/c1-5-6-16-9-11-17(12-10-16)15(4)18-19-13(2)7-8-14(19)3/h7-12,15,18H,5-6H2,1-4H3. The quantitative estimate of drug-likeness (QED) is 0.841. The van der Waals surface area contributed by atoms with Gasteiger partial charge in [0.1, 0.15) is 0 Å². The van der Waals surface area contributed by atoms with Gasteiger partial charge >= 0.3 is 0 Å².